The van der Waals surface area contributed by atoms with Gasteiger partial charge in [-0.05, 0) is 56.4 Å². The van der Waals surface area contributed by atoms with E-state index in [1.54, 1.807) is 11.0 Å². The Labute approximate surface area is 201 Å². The molecule has 2 heterocycles. The second-order valence-electron chi connectivity index (χ2n) is 11.9. The zero-order valence-corrected chi connectivity index (χ0v) is 20.9. The van der Waals surface area contributed by atoms with Gasteiger partial charge in [-0.3, -0.25) is 9.59 Å². The van der Waals surface area contributed by atoms with Crippen molar-refractivity contribution in [3.05, 3.63) is 22.8 Å². The molecule has 5 atom stereocenters. The molecule has 2 N–H and O–H groups in total. The summed E-state index contributed by atoms with van der Waals surface area (Å²) in [6.45, 7) is 11.1. The number of esters is 1. The molecule has 2 aliphatic carbocycles. The highest BCUT2D eigenvalue weighted by Gasteiger charge is 2.63. The van der Waals surface area contributed by atoms with Crippen LogP contribution in [0.4, 0.5) is 0 Å². The molecular formula is C27H37NO6. The van der Waals surface area contributed by atoms with Gasteiger partial charge in [0, 0.05) is 35.9 Å². The van der Waals surface area contributed by atoms with E-state index in [0.29, 0.717) is 30.2 Å². The lowest BCUT2D eigenvalue weighted by Crippen LogP contribution is -2.64. The number of hydrogen-bond acceptors (Lipinski definition) is 6. The number of aliphatic hydroxyl groups is 1. The predicted octanol–water partition coefficient (Wildman–Crippen LogP) is 3.82. The van der Waals surface area contributed by atoms with Crippen LogP contribution in [0.5, 0.6) is 11.5 Å². The Hall–Kier alpha value is -2.28. The van der Waals surface area contributed by atoms with Crippen molar-refractivity contribution in [2.24, 2.45) is 22.7 Å². The highest BCUT2D eigenvalue weighted by molar-refractivity contribution is 6.00. The number of phenolic OH excluding ortho intramolecular Hbond substituents is 1. The quantitative estimate of drug-likeness (QED) is 0.651. The molecule has 186 valence electrons. The molecule has 0 aromatic heterocycles. The Morgan fingerprint density at radius 3 is 2.59 bits per heavy atom. The van der Waals surface area contributed by atoms with Crippen LogP contribution in [0.1, 0.15) is 81.8 Å². The Kier molecular flexibility index (Phi) is 5.25. The lowest BCUT2D eigenvalue weighted by molar-refractivity contribution is -0.204. The van der Waals surface area contributed by atoms with Crippen LogP contribution in [0.15, 0.2) is 6.07 Å². The number of nitrogens with zero attached hydrogens (tertiary/aromatic N) is 1. The maximum atomic E-state index is 12.8. The predicted molar refractivity (Wildman–Crippen MR) is 126 cm³/mol. The summed E-state index contributed by atoms with van der Waals surface area (Å²) in [5.41, 5.74) is 1.51. The summed E-state index contributed by atoms with van der Waals surface area (Å²) in [4.78, 5) is 26.2. The molecule has 2 fully saturated rings. The van der Waals surface area contributed by atoms with Crippen molar-refractivity contribution < 1.29 is 29.3 Å². The highest BCUT2D eigenvalue weighted by atomic mass is 16.5. The fourth-order valence-corrected chi connectivity index (χ4v) is 8.04. The van der Waals surface area contributed by atoms with Crippen LogP contribution in [0, 0.1) is 22.7 Å². The highest BCUT2D eigenvalue weighted by Crippen LogP contribution is 2.65. The summed E-state index contributed by atoms with van der Waals surface area (Å²) in [5.74, 6) is 0.948. The summed E-state index contributed by atoms with van der Waals surface area (Å²) in [5, 5.41) is 20.4. The third-order valence-electron chi connectivity index (χ3n) is 9.68. The molecule has 0 spiro atoms. The number of fused-ring (bicyclic) bond motifs is 6. The first kappa shape index (κ1) is 23.5. The maximum absolute atomic E-state index is 12.8. The molecule has 7 heteroatoms. The second kappa shape index (κ2) is 7.61. The summed E-state index contributed by atoms with van der Waals surface area (Å²) < 4.78 is 12.6. The molecule has 34 heavy (non-hydrogen) atoms. The van der Waals surface area contributed by atoms with Gasteiger partial charge in [-0.1, -0.05) is 20.8 Å². The fourth-order valence-electron chi connectivity index (χ4n) is 8.04. The van der Waals surface area contributed by atoms with Gasteiger partial charge in [0.15, 0.2) is 0 Å². The van der Waals surface area contributed by atoms with Gasteiger partial charge in [-0.15, -0.1) is 0 Å². The van der Waals surface area contributed by atoms with E-state index in [2.05, 4.69) is 27.7 Å². The molecule has 4 aliphatic rings. The van der Waals surface area contributed by atoms with Crippen LogP contribution in [0.25, 0.3) is 0 Å². The molecule has 2 saturated carbocycles. The van der Waals surface area contributed by atoms with Crippen LogP contribution < -0.4 is 4.74 Å². The van der Waals surface area contributed by atoms with E-state index in [0.717, 1.165) is 36.8 Å². The van der Waals surface area contributed by atoms with Gasteiger partial charge in [0.1, 0.15) is 23.2 Å². The number of rotatable bonds is 3. The molecule has 1 aromatic carbocycles. The molecule has 5 rings (SSSR count). The van der Waals surface area contributed by atoms with Crippen molar-refractivity contribution in [1.29, 1.82) is 0 Å². The standard InChI is InChI=1S/C27H37NO6/c1-15(30)33-22-7-8-26(4)20(25(22,2)3)6-9-27(5)21(26)13-17-19(31)12-16-18(23(17)34-27)14-28(10-11-29)24(16)32/h12,20-22,29,31H,6-11,13-14H2,1-5H3/t20-,21+,22-,26-,27-/m0/s1. The molecular weight excluding hydrogens is 434 g/mol. The Balaban J connectivity index is 1.53. The number of phenols is 1. The van der Waals surface area contributed by atoms with Crippen molar-refractivity contribution in [1.82, 2.24) is 4.90 Å². The molecule has 0 radical (unpaired) electrons. The lowest BCUT2D eigenvalue weighted by Gasteiger charge is -2.64. The molecule has 1 aromatic rings. The summed E-state index contributed by atoms with van der Waals surface area (Å²) in [6.07, 6.45) is 4.20. The van der Waals surface area contributed by atoms with Crippen molar-refractivity contribution in [3.8, 4) is 11.5 Å². The largest absolute Gasteiger partial charge is 0.508 e. The topological polar surface area (TPSA) is 96.3 Å². The third-order valence-corrected chi connectivity index (χ3v) is 9.68. The number of aromatic hydroxyl groups is 1. The van der Waals surface area contributed by atoms with E-state index < -0.39 is 5.60 Å². The first-order chi connectivity index (χ1) is 15.9. The second-order valence-corrected chi connectivity index (χ2v) is 11.9. The van der Waals surface area contributed by atoms with Gasteiger partial charge in [-0.2, -0.15) is 0 Å². The van der Waals surface area contributed by atoms with Crippen LogP contribution in [-0.4, -0.2) is 51.8 Å². The number of benzene rings is 1. The van der Waals surface area contributed by atoms with Crippen LogP contribution in [-0.2, 0) is 22.5 Å². The zero-order chi connectivity index (χ0) is 24.6. The fraction of sp³-hybridized carbons (Fsp3) is 0.704. The number of aliphatic hydroxyl groups excluding tert-OH is 1. The van der Waals surface area contributed by atoms with Crippen molar-refractivity contribution >= 4 is 11.9 Å². The van der Waals surface area contributed by atoms with Gasteiger partial charge in [0.05, 0.1) is 18.7 Å². The average molecular weight is 472 g/mol. The Morgan fingerprint density at radius 2 is 1.91 bits per heavy atom. The summed E-state index contributed by atoms with van der Waals surface area (Å²) in [7, 11) is 0. The minimum atomic E-state index is -0.405. The van der Waals surface area contributed by atoms with Gasteiger partial charge >= 0.3 is 5.97 Å². The average Bonchev–Trinajstić information content (AvgIpc) is 3.05. The normalized spacial score (nSPS) is 35.5. The monoisotopic (exact) mass is 471 g/mol. The Bertz CT molecular complexity index is 1050. The molecule has 1 amide bonds. The summed E-state index contributed by atoms with van der Waals surface area (Å²) >= 11 is 0. The van der Waals surface area contributed by atoms with Crippen LogP contribution >= 0.6 is 0 Å². The SMILES string of the molecule is CC(=O)O[C@H]1CC[C@]2(C)[C@H]3Cc4c(O)cc5c(c4O[C@@]3(C)CC[C@H]2C1(C)C)CN(CCO)C5=O. The van der Waals surface area contributed by atoms with E-state index in [-0.39, 0.29) is 53.6 Å². The first-order valence-corrected chi connectivity index (χ1v) is 12.6. The number of carbonyl (C=O) groups excluding carboxylic acids is 2. The summed E-state index contributed by atoms with van der Waals surface area (Å²) in [6, 6.07) is 1.59. The van der Waals surface area contributed by atoms with Crippen LogP contribution in [0.2, 0.25) is 0 Å². The minimum absolute atomic E-state index is 0.0327. The van der Waals surface area contributed by atoms with E-state index in [1.807, 2.05) is 0 Å². The number of carbonyl (C=O) groups is 2. The van der Waals surface area contributed by atoms with Gasteiger partial charge in [0.2, 0.25) is 0 Å². The maximum Gasteiger partial charge on any atom is 0.302 e. The molecule has 0 saturated heterocycles. The smallest absolute Gasteiger partial charge is 0.302 e. The minimum Gasteiger partial charge on any atom is -0.508 e. The van der Waals surface area contributed by atoms with Crippen LogP contribution in [0.3, 0.4) is 0 Å². The first-order valence-electron chi connectivity index (χ1n) is 12.6. The van der Waals surface area contributed by atoms with E-state index in [9.17, 15) is 19.8 Å². The van der Waals surface area contributed by atoms with E-state index in [4.69, 9.17) is 9.47 Å². The number of amides is 1. The van der Waals surface area contributed by atoms with E-state index in [1.165, 1.54) is 6.92 Å². The zero-order valence-electron chi connectivity index (χ0n) is 20.9. The number of hydrogen-bond donors (Lipinski definition) is 2. The number of β-amino-alcohol motifs (C(OH)–C–C–N with tert-alkyl or cyclic N) is 1. The van der Waals surface area contributed by atoms with Crippen molar-refractivity contribution in [2.45, 2.75) is 85.0 Å². The van der Waals surface area contributed by atoms with Gasteiger partial charge in [0.25, 0.3) is 5.91 Å². The lowest BCUT2D eigenvalue weighted by atomic mass is 9.44. The molecule has 7 nitrogen and oxygen atoms in total. The van der Waals surface area contributed by atoms with Gasteiger partial charge in [-0.25, -0.2) is 0 Å². The third kappa shape index (κ3) is 3.19. The van der Waals surface area contributed by atoms with E-state index >= 15 is 0 Å². The molecule has 0 unspecified atom stereocenters. The van der Waals surface area contributed by atoms with Gasteiger partial charge < -0.3 is 24.6 Å². The van der Waals surface area contributed by atoms with Crippen molar-refractivity contribution in [2.75, 3.05) is 13.2 Å². The van der Waals surface area contributed by atoms with Crippen molar-refractivity contribution in [3.63, 3.8) is 0 Å². The molecule has 2 aliphatic heterocycles. The molecule has 0 bridgehead atoms. The Morgan fingerprint density at radius 1 is 1.18 bits per heavy atom. The number of ether oxygens (including phenoxy) is 2.